The lowest BCUT2D eigenvalue weighted by atomic mass is 9.86. The first kappa shape index (κ1) is 19.4. The van der Waals surface area contributed by atoms with Gasteiger partial charge in [-0.1, -0.05) is 23.8 Å². The minimum absolute atomic E-state index is 0.111. The van der Waals surface area contributed by atoms with Crippen molar-refractivity contribution in [1.29, 1.82) is 0 Å². The van der Waals surface area contributed by atoms with Gasteiger partial charge in [-0.3, -0.25) is 9.59 Å². The van der Waals surface area contributed by atoms with E-state index < -0.39 is 30.6 Å². The summed E-state index contributed by atoms with van der Waals surface area (Å²) in [5.74, 6) is -1.57. The summed E-state index contributed by atoms with van der Waals surface area (Å²) < 4.78 is 37.6. The Kier molecular flexibility index (Phi) is 5.55. The lowest BCUT2D eigenvalue weighted by Crippen LogP contribution is -2.49. The number of aryl methyl sites for hydroxylation is 1. The normalized spacial score (nSPS) is 20.6. The molecule has 144 valence electrons. The molecule has 1 aliphatic rings. The van der Waals surface area contributed by atoms with Gasteiger partial charge in [-0.2, -0.15) is 13.2 Å². The van der Waals surface area contributed by atoms with E-state index in [2.05, 4.69) is 0 Å². The molecule has 1 N–H and O–H groups in total. The van der Waals surface area contributed by atoms with Gasteiger partial charge in [-0.05, 0) is 36.9 Å². The molecule has 8 heteroatoms. The van der Waals surface area contributed by atoms with Gasteiger partial charge in [-0.25, -0.2) is 0 Å². The molecule has 2 amide bonds. The zero-order valence-electron chi connectivity index (χ0n) is 14.6. The summed E-state index contributed by atoms with van der Waals surface area (Å²) in [7, 11) is 0. The summed E-state index contributed by atoms with van der Waals surface area (Å²) in [6.45, 7) is 0.546. The van der Waals surface area contributed by atoms with Gasteiger partial charge in [0.05, 0.1) is 12.0 Å². The van der Waals surface area contributed by atoms with Crippen LogP contribution in [-0.2, 0) is 9.59 Å². The van der Waals surface area contributed by atoms with Crippen LogP contribution in [0.25, 0.3) is 0 Å². The Balaban J connectivity index is 1.95. The van der Waals surface area contributed by atoms with Gasteiger partial charge in [0.25, 0.3) is 0 Å². The molecule has 2 heterocycles. The lowest BCUT2D eigenvalue weighted by Gasteiger charge is -2.40. The molecular weight excluding hydrogens is 377 g/mol. The topological polar surface area (TPSA) is 49.4 Å². The number of anilines is 1. The SMILES string of the molecule is Cc1ccc(N2C(=O)CC[C@@H](C(=O)NCC(F)(F)F)[C@H]2c2cccs2)cc1. The monoisotopic (exact) mass is 396 g/mol. The molecular formula is C19H19F3N2O2S. The smallest absolute Gasteiger partial charge is 0.347 e. The molecule has 2 aromatic rings. The molecule has 4 nitrogen and oxygen atoms in total. The number of hydrogen-bond acceptors (Lipinski definition) is 3. The zero-order valence-corrected chi connectivity index (χ0v) is 15.4. The minimum atomic E-state index is -4.48. The maximum Gasteiger partial charge on any atom is 0.405 e. The van der Waals surface area contributed by atoms with Crippen molar-refractivity contribution in [3.05, 3.63) is 52.2 Å². The highest BCUT2D eigenvalue weighted by atomic mass is 32.1. The van der Waals surface area contributed by atoms with Crippen LogP contribution in [0, 0.1) is 12.8 Å². The van der Waals surface area contributed by atoms with Crippen molar-refractivity contribution in [2.45, 2.75) is 32.0 Å². The van der Waals surface area contributed by atoms with Crippen LogP contribution in [0.3, 0.4) is 0 Å². The summed E-state index contributed by atoms with van der Waals surface area (Å²) in [4.78, 5) is 27.6. The Labute approximate surface area is 159 Å². The van der Waals surface area contributed by atoms with Gasteiger partial charge in [0.1, 0.15) is 6.54 Å². The third kappa shape index (κ3) is 4.50. The number of nitrogens with one attached hydrogen (secondary N) is 1. The van der Waals surface area contributed by atoms with E-state index in [9.17, 15) is 22.8 Å². The fourth-order valence-electron chi connectivity index (χ4n) is 3.28. The quantitative estimate of drug-likeness (QED) is 0.841. The maximum absolute atomic E-state index is 12.7. The van der Waals surface area contributed by atoms with Crippen LogP contribution in [0.2, 0.25) is 0 Å². The van der Waals surface area contributed by atoms with Crippen LogP contribution in [0.5, 0.6) is 0 Å². The molecule has 1 aromatic heterocycles. The maximum atomic E-state index is 12.7. The largest absolute Gasteiger partial charge is 0.405 e. The predicted molar refractivity (Wildman–Crippen MR) is 97.5 cm³/mol. The standard InChI is InChI=1S/C19H19F3N2O2S/c1-12-4-6-13(7-5-12)24-16(25)9-8-14(17(24)15-3-2-10-27-15)18(26)23-11-19(20,21)22/h2-7,10,14,17H,8-9,11H2,1H3,(H,23,26)/t14-,17+/m1/s1. The van der Waals surface area contributed by atoms with Crippen LogP contribution in [0.4, 0.5) is 18.9 Å². The fourth-order valence-corrected chi connectivity index (χ4v) is 4.16. The highest BCUT2D eigenvalue weighted by Crippen LogP contribution is 2.41. The number of benzene rings is 1. The summed E-state index contributed by atoms with van der Waals surface area (Å²) >= 11 is 1.38. The second-order valence-corrected chi connectivity index (χ2v) is 7.52. The first-order chi connectivity index (χ1) is 12.8. The van der Waals surface area contributed by atoms with E-state index in [1.165, 1.54) is 11.3 Å². The number of carbonyl (C=O) groups is 2. The molecule has 1 saturated heterocycles. The van der Waals surface area contributed by atoms with E-state index in [1.807, 2.05) is 29.8 Å². The average Bonchev–Trinajstić information content (AvgIpc) is 3.14. The lowest BCUT2D eigenvalue weighted by molar-refractivity contribution is -0.142. The number of carbonyl (C=O) groups excluding carboxylic acids is 2. The summed E-state index contributed by atoms with van der Waals surface area (Å²) in [5.41, 5.74) is 1.66. The Morgan fingerprint density at radius 3 is 2.56 bits per heavy atom. The molecule has 1 aliphatic heterocycles. The molecule has 0 aliphatic carbocycles. The van der Waals surface area contributed by atoms with Gasteiger partial charge in [-0.15, -0.1) is 11.3 Å². The third-order valence-electron chi connectivity index (χ3n) is 4.54. The van der Waals surface area contributed by atoms with Crippen LogP contribution in [0.1, 0.15) is 29.3 Å². The summed E-state index contributed by atoms with van der Waals surface area (Å²) in [6, 6.07) is 10.3. The third-order valence-corrected chi connectivity index (χ3v) is 5.49. The van der Waals surface area contributed by atoms with Crippen LogP contribution in [-0.4, -0.2) is 24.5 Å². The van der Waals surface area contributed by atoms with Crippen LogP contribution >= 0.6 is 11.3 Å². The number of halogens is 3. The molecule has 0 radical (unpaired) electrons. The molecule has 1 aromatic carbocycles. The molecule has 0 spiro atoms. The second-order valence-electron chi connectivity index (χ2n) is 6.54. The number of rotatable bonds is 4. The predicted octanol–water partition coefficient (Wildman–Crippen LogP) is 4.22. The number of hydrogen-bond donors (Lipinski definition) is 1. The van der Waals surface area contributed by atoms with Crippen molar-refractivity contribution < 1.29 is 22.8 Å². The van der Waals surface area contributed by atoms with Crippen molar-refractivity contribution in [2.75, 3.05) is 11.4 Å². The van der Waals surface area contributed by atoms with Crippen molar-refractivity contribution in [3.63, 3.8) is 0 Å². The van der Waals surface area contributed by atoms with Crippen LogP contribution in [0.15, 0.2) is 41.8 Å². The Morgan fingerprint density at radius 1 is 1.26 bits per heavy atom. The molecule has 3 rings (SSSR count). The number of thiophene rings is 1. The van der Waals surface area contributed by atoms with Gasteiger partial charge < -0.3 is 10.2 Å². The number of piperidine rings is 1. The number of alkyl halides is 3. The molecule has 0 saturated carbocycles. The van der Waals surface area contributed by atoms with Crippen molar-refractivity contribution in [3.8, 4) is 0 Å². The molecule has 2 atom stereocenters. The van der Waals surface area contributed by atoms with Crippen molar-refractivity contribution in [1.82, 2.24) is 5.32 Å². The van der Waals surface area contributed by atoms with E-state index >= 15 is 0 Å². The highest BCUT2D eigenvalue weighted by Gasteiger charge is 2.42. The Morgan fingerprint density at radius 2 is 1.96 bits per heavy atom. The molecule has 27 heavy (non-hydrogen) atoms. The van der Waals surface area contributed by atoms with Crippen LogP contribution < -0.4 is 10.2 Å². The minimum Gasteiger partial charge on any atom is -0.347 e. The second kappa shape index (κ2) is 7.72. The van der Waals surface area contributed by atoms with E-state index in [1.54, 1.807) is 29.2 Å². The van der Waals surface area contributed by atoms with E-state index in [0.29, 0.717) is 5.69 Å². The fraction of sp³-hybridized carbons (Fsp3) is 0.368. The van der Waals surface area contributed by atoms with Gasteiger partial charge >= 0.3 is 6.18 Å². The summed E-state index contributed by atoms with van der Waals surface area (Å²) in [6.07, 6.45) is -4.15. The van der Waals surface area contributed by atoms with Gasteiger partial charge in [0.15, 0.2) is 0 Å². The average molecular weight is 396 g/mol. The summed E-state index contributed by atoms with van der Waals surface area (Å²) in [5, 5.41) is 3.81. The van der Waals surface area contributed by atoms with E-state index in [4.69, 9.17) is 0 Å². The Hall–Kier alpha value is -2.35. The van der Waals surface area contributed by atoms with Crippen molar-refractivity contribution in [2.24, 2.45) is 5.92 Å². The first-order valence-electron chi connectivity index (χ1n) is 8.53. The molecule has 1 fully saturated rings. The van der Waals surface area contributed by atoms with Gasteiger partial charge in [0.2, 0.25) is 11.8 Å². The highest BCUT2D eigenvalue weighted by molar-refractivity contribution is 7.10. The Bertz CT molecular complexity index is 803. The molecule has 0 bridgehead atoms. The number of amides is 2. The molecule has 0 unspecified atom stereocenters. The van der Waals surface area contributed by atoms with E-state index in [-0.39, 0.29) is 18.7 Å². The zero-order chi connectivity index (χ0) is 19.6. The van der Waals surface area contributed by atoms with Crippen molar-refractivity contribution >= 4 is 28.8 Å². The number of nitrogens with zero attached hydrogens (tertiary/aromatic N) is 1. The van der Waals surface area contributed by atoms with E-state index in [0.717, 1.165) is 10.4 Å². The first-order valence-corrected chi connectivity index (χ1v) is 9.41. The van der Waals surface area contributed by atoms with Gasteiger partial charge in [0, 0.05) is 17.0 Å².